The minimum Gasteiger partial charge on any atom is -0.337 e. The molecule has 4 nitrogen and oxygen atoms in total. The van der Waals surface area contributed by atoms with Gasteiger partial charge < -0.3 is 9.80 Å². The van der Waals surface area contributed by atoms with E-state index in [1.807, 2.05) is 43.0 Å². The first kappa shape index (κ1) is 19.4. The second-order valence-electron chi connectivity index (χ2n) is 6.56. The summed E-state index contributed by atoms with van der Waals surface area (Å²) in [6, 6.07) is 13.9. The zero-order valence-corrected chi connectivity index (χ0v) is 16.3. The number of likely N-dealkylation sites (N-methyl/N-ethyl adjacent to an activating group) is 1. The smallest absolute Gasteiger partial charge is 0.254 e. The fourth-order valence-corrected chi connectivity index (χ4v) is 4.36. The SMILES string of the molecule is CCN(CCN1C(=O)CSC1c1ccc(C)cc1)C(=O)c1cccc(F)c1. The third-order valence-corrected chi connectivity index (χ3v) is 5.94. The summed E-state index contributed by atoms with van der Waals surface area (Å²) in [5.41, 5.74) is 2.60. The van der Waals surface area contributed by atoms with E-state index < -0.39 is 5.82 Å². The summed E-state index contributed by atoms with van der Waals surface area (Å²) in [7, 11) is 0. The van der Waals surface area contributed by atoms with Gasteiger partial charge in [-0.2, -0.15) is 0 Å². The summed E-state index contributed by atoms with van der Waals surface area (Å²) in [5.74, 6) is -0.117. The lowest BCUT2D eigenvalue weighted by Crippen LogP contribution is -2.40. The van der Waals surface area contributed by atoms with Crippen molar-refractivity contribution in [2.45, 2.75) is 19.2 Å². The largest absolute Gasteiger partial charge is 0.337 e. The van der Waals surface area contributed by atoms with E-state index in [1.54, 1.807) is 22.7 Å². The quantitative estimate of drug-likeness (QED) is 0.757. The van der Waals surface area contributed by atoms with Crippen molar-refractivity contribution in [1.82, 2.24) is 9.80 Å². The molecule has 6 heteroatoms. The van der Waals surface area contributed by atoms with Crippen molar-refractivity contribution < 1.29 is 14.0 Å². The van der Waals surface area contributed by atoms with E-state index in [9.17, 15) is 14.0 Å². The standard InChI is InChI=1S/C21H23FN2O2S/c1-3-23(20(26)17-5-4-6-18(22)13-17)11-12-24-19(25)14-27-21(24)16-9-7-15(2)8-10-16/h4-10,13,21H,3,11-12,14H2,1-2H3. The van der Waals surface area contributed by atoms with Crippen LogP contribution >= 0.6 is 11.8 Å². The minimum absolute atomic E-state index is 0.0268. The monoisotopic (exact) mass is 386 g/mol. The Morgan fingerprint density at radius 1 is 1.26 bits per heavy atom. The Hall–Kier alpha value is -2.34. The van der Waals surface area contributed by atoms with Gasteiger partial charge in [0.25, 0.3) is 5.91 Å². The molecule has 0 N–H and O–H groups in total. The number of nitrogens with zero attached hydrogens (tertiary/aromatic N) is 2. The van der Waals surface area contributed by atoms with Gasteiger partial charge in [-0.15, -0.1) is 11.8 Å². The lowest BCUT2D eigenvalue weighted by molar-refractivity contribution is -0.128. The van der Waals surface area contributed by atoms with Crippen molar-refractivity contribution in [2.75, 3.05) is 25.4 Å². The molecule has 1 aliphatic heterocycles. The van der Waals surface area contributed by atoms with Gasteiger partial charge in [0.1, 0.15) is 11.2 Å². The van der Waals surface area contributed by atoms with E-state index in [0.717, 1.165) is 5.56 Å². The van der Waals surface area contributed by atoms with Gasteiger partial charge in [-0.25, -0.2) is 4.39 Å². The molecule has 1 unspecified atom stereocenters. The number of hydrogen-bond donors (Lipinski definition) is 0. The molecule has 1 atom stereocenters. The lowest BCUT2D eigenvalue weighted by Gasteiger charge is -2.28. The average Bonchev–Trinajstić information content (AvgIpc) is 3.03. The van der Waals surface area contributed by atoms with Crippen LogP contribution in [0.5, 0.6) is 0 Å². The van der Waals surface area contributed by atoms with Crippen molar-refractivity contribution in [2.24, 2.45) is 0 Å². The highest BCUT2D eigenvalue weighted by Gasteiger charge is 2.33. The number of amides is 2. The molecule has 0 aliphatic carbocycles. The predicted molar refractivity (Wildman–Crippen MR) is 106 cm³/mol. The zero-order chi connectivity index (χ0) is 19.4. The van der Waals surface area contributed by atoms with Crippen molar-refractivity contribution in [3.8, 4) is 0 Å². The van der Waals surface area contributed by atoms with E-state index in [-0.39, 0.29) is 17.2 Å². The molecule has 0 aromatic heterocycles. The highest BCUT2D eigenvalue weighted by molar-refractivity contribution is 8.00. The van der Waals surface area contributed by atoms with Gasteiger partial charge in [-0.1, -0.05) is 35.9 Å². The molecule has 0 spiro atoms. The maximum atomic E-state index is 13.4. The normalized spacial score (nSPS) is 16.6. The van der Waals surface area contributed by atoms with Crippen molar-refractivity contribution in [3.63, 3.8) is 0 Å². The third kappa shape index (κ3) is 4.50. The van der Waals surface area contributed by atoms with Crippen molar-refractivity contribution >= 4 is 23.6 Å². The molecule has 2 amide bonds. The Labute approximate surface area is 163 Å². The van der Waals surface area contributed by atoms with Crippen LogP contribution in [0.15, 0.2) is 48.5 Å². The molecular weight excluding hydrogens is 363 g/mol. The second-order valence-corrected chi connectivity index (χ2v) is 7.62. The van der Waals surface area contributed by atoms with Crippen LogP contribution in [-0.2, 0) is 4.79 Å². The number of rotatable bonds is 6. The highest BCUT2D eigenvalue weighted by atomic mass is 32.2. The van der Waals surface area contributed by atoms with E-state index in [1.165, 1.54) is 23.8 Å². The molecule has 1 heterocycles. The van der Waals surface area contributed by atoms with Gasteiger partial charge in [0, 0.05) is 25.2 Å². The Kier molecular flexibility index (Phi) is 6.16. The average molecular weight is 386 g/mol. The van der Waals surface area contributed by atoms with Crippen molar-refractivity contribution in [3.05, 3.63) is 71.0 Å². The summed E-state index contributed by atoms with van der Waals surface area (Å²) >= 11 is 1.61. The van der Waals surface area contributed by atoms with Gasteiger partial charge in [0.05, 0.1) is 5.75 Å². The van der Waals surface area contributed by atoms with Crippen LogP contribution in [0.25, 0.3) is 0 Å². The van der Waals surface area contributed by atoms with E-state index in [2.05, 4.69) is 0 Å². The minimum atomic E-state index is -0.428. The Bertz CT molecular complexity index is 825. The van der Waals surface area contributed by atoms with Gasteiger partial charge in [-0.05, 0) is 37.6 Å². The molecule has 2 aromatic carbocycles. The first-order chi connectivity index (χ1) is 13.0. The first-order valence-electron chi connectivity index (χ1n) is 9.02. The number of halogens is 1. The van der Waals surface area contributed by atoms with Crippen LogP contribution in [0, 0.1) is 12.7 Å². The molecule has 2 aromatic rings. The van der Waals surface area contributed by atoms with Crippen LogP contribution in [0.1, 0.15) is 33.8 Å². The molecule has 1 aliphatic rings. The molecule has 0 saturated carbocycles. The fourth-order valence-electron chi connectivity index (χ4n) is 3.14. The maximum Gasteiger partial charge on any atom is 0.254 e. The van der Waals surface area contributed by atoms with Crippen LogP contribution < -0.4 is 0 Å². The number of aryl methyl sites for hydroxylation is 1. The Morgan fingerprint density at radius 3 is 2.67 bits per heavy atom. The Morgan fingerprint density at radius 2 is 2.00 bits per heavy atom. The zero-order valence-electron chi connectivity index (χ0n) is 15.5. The maximum absolute atomic E-state index is 13.4. The third-order valence-electron chi connectivity index (χ3n) is 4.68. The predicted octanol–water partition coefficient (Wildman–Crippen LogP) is 3.87. The lowest BCUT2D eigenvalue weighted by atomic mass is 10.1. The van der Waals surface area contributed by atoms with E-state index in [4.69, 9.17) is 0 Å². The molecule has 0 radical (unpaired) electrons. The molecule has 1 saturated heterocycles. The van der Waals surface area contributed by atoms with Gasteiger partial charge in [0.15, 0.2) is 0 Å². The van der Waals surface area contributed by atoms with Gasteiger partial charge in [0.2, 0.25) is 5.91 Å². The summed E-state index contributed by atoms with van der Waals surface area (Å²) in [6.07, 6.45) is 0. The molecular formula is C21H23FN2O2S. The summed E-state index contributed by atoms with van der Waals surface area (Å²) in [5, 5.41) is -0.0268. The second kappa shape index (κ2) is 8.57. The summed E-state index contributed by atoms with van der Waals surface area (Å²) in [4.78, 5) is 28.5. The number of thioether (sulfide) groups is 1. The fraction of sp³-hybridized carbons (Fsp3) is 0.333. The van der Waals surface area contributed by atoms with Gasteiger partial charge in [-0.3, -0.25) is 9.59 Å². The van der Waals surface area contributed by atoms with E-state index >= 15 is 0 Å². The number of hydrogen-bond acceptors (Lipinski definition) is 3. The van der Waals surface area contributed by atoms with Crippen LogP contribution in [0.4, 0.5) is 4.39 Å². The van der Waals surface area contributed by atoms with Crippen molar-refractivity contribution in [1.29, 1.82) is 0 Å². The topological polar surface area (TPSA) is 40.6 Å². The number of carbonyl (C=O) groups is 2. The molecule has 1 fully saturated rings. The molecule has 3 rings (SSSR count). The number of carbonyl (C=O) groups excluding carboxylic acids is 2. The first-order valence-corrected chi connectivity index (χ1v) is 10.1. The van der Waals surface area contributed by atoms with Crippen LogP contribution in [-0.4, -0.2) is 47.0 Å². The van der Waals surface area contributed by atoms with E-state index in [0.29, 0.717) is 31.0 Å². The Balaban J connectivity index is 1.69. The van der Waals surface area contributed by atoms with Crippen LogP contribution in [0.2, 0.25) is 0 Å². The summed E-state index contributed by atoms with van der Waals surface area (Å²) in [6.45, 7) is 5.29. The van der Waals surface area contributed by atoms with Crippen LogP contribution in [0.3, 0.4) is 0 Å². The molecule has 142 valence electrons. The highest BCUT2D eigenvalue weighted by Crippen LogP contribution is 2.38. The number of benzene rings is 2. The van der Waals surface area contributed by atoms with Gasteiger partial charge >= 0.3 is 0 Å². The molecule has 27 heavy (non-hydrogen) atoms. The summed E-state index contributed by atoms with van der Waals surface area (Å²) < 4.78 is 13.4. The molecule has 0 bridgehead atoms.